The Bertz CT molecular complexity index is 708. The number of alkyl halides is 3. The zero-order valence-corrected chi connectivity index (χ0v) is 12.2. The molecule has 1 aromatic carbocycles. The van der Waals surface area contributed by atoms with Gasteiger partial charge in [0.05, 0.1) is 0 Å². The van der Waals surface area contributed by atoms with E-state index in [1.807, 2.05) is 13.0 Å². The predicted octanol–water partition coefficient (Wildman–Crippen LogP) is 2.58. The molecule has 0 amide bonds. The first-order chi connectivity index (χ1) is 9.02. The number of benzene rings is 1. The maximum atomic E-state index is 13.4. The molecule has 2 aromatic rings. The molecule has 1 aromatic heterocycles. The lowest BCUT2D eigenvalue weighted by molar-refractivity contribution is -0.0866. The van der Waals surface area contributed by atoms with Gasteiger partial charge in [-0.3, -0.25) is 0 Å². The molecule has 0 saturated carbocycles. The lowest BCUT2D eigenvalue weighted by Crippen LogP contribution is -3.00. The Hall–Kier alpha value is -1.26. The maximum absolute atomic E-state index is 13.4. The van der Waals surface area contributed by atoms with Crippen molar-refractivity contribution in [3.05, 3.63) is 52.9 Å². The molecule has 1 aliphatic rings. The minimum atomic E-state index is -4.21. The molecule has 1 atom stereocenters. The molecule has 20 heavy (non-hydrogen) atoms. The number of hydrogen-bond donors (Lipinski definition) is 0. The Morgan fingerprint density at radius 1 is 1.20 bits per heavy atom. The molecule has 0 spiro atoms. The SMILES string of the molecule is CCc1cccc2c1cc(C1=CC=C1)[s+]2C(F)(F)F.[Cl-]. The van der Waals surface area contributed by atoms with Gasteiger partial charge >= 0.3 is 5.51 Å². The van der Waals surface area contributed by atoms with Gasteiger partial charge in [0.25, 0.3) is 0 Å². The summed E-state index contributed by atoms with van der Waals surface area (Å²) < 4.78 is 40.5. The molecular weight excluding hydrogens is 305 g/mol. The van der Waals surface area contributed by atoms with Gasteiger partial charge in [-0.1, -0.05) is 25.1 Å². The van der Waals surface area contributed by atoms with Gasteiger partial charge in [-0.2, -0.15) is 0 Å². The van der Waals surface area contributed by atoms with Crippen LogP contribution in [0.25, 0.3) is 15.7 Å². The highest BCUT2D eigenvalue weighted by atomic mass is 35.5. The van der Waals surface area contributed by atoms with Crippen molar-refractivity contribution in [2.45, 2.75) is 18.9 Å². The lowest BCUT2D eigenvalue weighted by atomic mass is 10.0. The van der Waals surface area contributed by atoms with Gasteiger partial charge in [0.1, 0.15) is 10.5 Å². The van der Waals surface area contributed by atoms with Crippen LogP contribution in [0.5, 0.6) is 0 Å². The second-order valence-corrected chi connectivity index (χ2v) is 6.38. The van der Waals surface area contributed by atoms with Crippen molar-refractivity contribution in [3.8, 4) is 0 Å². The number of hydrogen-bond acceptors (Lipinski definition) is 0. The van der Waals surface area contributed by atoms with E-state index in [2.05, 4.69) is 0 Å². The molecule has 3 rings (SSSR count). The van der Waals surface area contributed by atoms with Crippen LogP contribution < -0.4 is 12.4 Å². The van der Waals surface area contributed by atoms with Crippen LogP contribution in [0, 0.1) is 0 Å². The topological polar surface area (TPSA) is 0 Å². The van der Waals surface area contributed by atoms with Crippen LogP contribution in [-0.4, -0.2) is 0 Å². The third-order valence-corrected chi connectivity index (χ3v) is 5.37. The Morgan fingerprint density at radius 2 is 1.90 bits per heavy atom. The van der Waals surface area contributed by atoms with E-state index < -0.39 is 16.0 Å². The van der Waals surface area contributed by atoms with E-state index >= 15 is 0 Å². The zero-order valence-electron chi connectivity index (χ0n) is 10.7. The molecule has 0 aliphatic heterocycles. The molecule has 0 nitrogen and oxygen atoms in total. The van der Waals surface area contributed by atoms with E-state index in [4.69, 9.17) is 0 Å². The first kappa shape index (κ1) is 15.1. The minimum absolute atomic E-state index is 0. The van der Waals surface area contributed by atoms with Gasteiger partial charge in [-0.25, -0.2) is 0 Å². The Morgan fingerprint density at radius 3 is 2.40 bits per heavy atom. The van der Waals surface area contributed by atoms with Crippen molar-refractivity contribution in [1.29, 1.82) is 0 Å². The van der Waals surface area contributed by atoms with Crippen molar-refractivity contribution in [1.82, 2.24) is 0 Å². The summed E-state index contributed by atoms with van der Waals surface area (Å²) in [6.07, 6.45) is 6.01. The van der Waals surface area contributed by atoms with Gasteiger partial charge in [-0.15, -0.1) is 13.2 Å². The summed E-state index contributed by atoms with van der Waals surface area (Å²) >= 11 is 0. The summed E-state index contributed by atoms with van der Waals surface area (Å²) in [4.78, 5) is 0.408. The van der Waals surface area contributed by atoms with Crippen LogP contribution >= 0.6 is 10.5 Å². The largest absolute Gasteiger partial charge is 1.00 e. The standard InChI is InChI=1S/C15H12F3S.ClH/c1-2-10-5-4-8-13-12(10)9-14(11-6-3-7-11)19(13)15(16,17)18;/h3-9H,2H2,1H3;1H/q+1;/p-1. The average Bonchev–Trinajstić information content (AvgIpc) is 2.64. The number of fused-ring (bicyclic) bond motifs is 1. The summed E-state index contributed by atoms with van der Waals surface area (Å²) in [5.41, 5.74) is -2.52. The highest BCUT2D eigenvalue weighted by Gasteiger charge is 2.48. The van der Waals surface area contributed by atoms with Crippen LogP contribution in [0.1, 0.15) is 17.4 Å². The number of rotatable bonds is 2. The second kappa shape index (κ2) is 5.26. The molecule has 0 N–H and O–H groups in total. The van der Waals surface area contributed by atoms with Gasteiger partial charge in [0.15, 0.2) is 9.58 Å². The number of aryl methyl sites for hydroxylation is 1. The summed E-state index contributed by atoms with van der Waals surface area (Å²) in [6, 6.07) is 6.96. The van der Waals surface area contributed by atoms with Gasteiger partial charge in [0.2, 0.25) is 0 Å². The van der Waals surface area contributed by atoms with Gasteiger partial charge in [0, 0.05) is 17.0 Å². The van der Waals surface area contributed by atoms with Crippen molar-refractivity contribution in [3.63, 3.8) is 0 Å². The summed E-state index contributed by atoms with van der Waals surface area (Å²) in [5, 5.41) is 0.766. The van der Waals surface area contributed by atoms with Crippen LogP contribution in [0.15, 0.2) is 42.5 Å². The van der Waals surface area contributed by atoms with E-state index in [0.29, 0.717) is 15.2 Å². The van der Waals surface area contributed by atoms with Crippen LogP contribution in [0.2, 0.25) is 0 Å². The van der Waals surface area contributed by atoms with Crippen molar-refractivity contribution < 1.29 is 25.6 Å². The molecule has 0 saturated heterocycles. The Labute approximate surface area is 124 Å². The van der Waals surface area contributed by atoms with Crippen molar-refractivity contribution in [2.75, 3.05) is 0 Å². The quantitative estimate of drug-likeness (QED) is 0.747. The number of halogens is 4. The van der Waals surface area contributed by atoms with E-state index in [0.717, 1.165) is 17.4 Å². The van der Waals surface area contributed by atoms with Crippen molar-refractivity contribution in [2.24, 2.45) is 0 Å². The molecule has 0 fully saturated rings. The lowest BCUT2D eigenvalue weighted by Gasteiger charge is -2.04. The molecule has 106 valence electrons. The summed E-state index contributed by atoms with van der Waals surface area (Å²) in [7, 11) is -1.81. The Kier molecular flexibility index (Phi) is 3.98. The molecular formula is C15H12ClF3S. The molecule has 5 heteroatoms. The fraction of sp³-hybridized carbons (Fsp3) is 0.200. The average molecular weight is 317 g/mol. The van der Waals surface area contributed by atoms with Crippen LogP contribution in [-0.2, 0) is 11.9 Å². The fourth-order valence-electron chi connectivity index (χ4n) is 2.36. The predicted molar refractivity (Wildman–Crippen MR) is 74.2 cm³/mol. The molecule has 1 aliphatic carbocycles. The molecule has 0 bridgehead atoms. The summed E-state index contributed by atoms with van der Waals surface area (Å²) in [6.45, 7) is 1.97. The molecule has 0 radical (unpaired) electrons. The molecule has 1 unspecified atom stereocenters. The van der Waals surface area contributed by atoms with Crippen LogP contribution in [0.3, 0.4) is 0 Å². The van der Waals surface area contributed by atoms with Crippen LogP contribution in [0.4, 0.5) is 13.2 Å². The normalized spacial score (nSPS) is 14.8. The van der Waals surface area contributed by atoms with E-state index in [9.17, 15) is 13.2 Å². The maximum Gasteiger partial charge on any atom is 0.601 e. The second-order valence-electron chi connectivity index (χ2n) is 4.42. The first-order valence-corrected chi connectivity index (χ1v) is 7.28. The van der Waals surface area contributed by atoms with Gasteiger partial charge in [-0.05, 0) is 30.2 Å². The van der Waals surface area contributed by atoms with E-state index in [1.165, 1.54) is 0 Å². The summed E-state index contributed by atoms with van der Waals surface area (Å²) in [5.74, 6) is 0. The van der Waals surface area contributed by atoms with Gasteiger partial charge < -0.3 is 12.4 Å². The zero-order chi connectivity index (χ0) is 13.6. The third kappa shape index (κ3) is 2.27. The van der Waals surface area contributed by atoms with E-state index in [1.54, 1.807) is 36.4 Å². The monoisotopic (exact) mass is 316 g/mol. The third-order valence-electron chi connectivity index (χ3n) is 3.32. The highest BCUT2D eigenvalue weighted by molar-refractivity contribution is 7.39. The smallest absolute Gasteiger partial charge is 0.601 e. The molecule has 1 heterocycles. The van der Waals surface area contributed by atoms with E-state index in [-0.39, 0.29) is 12.4 Å². The highest BCUT2D eigenvalue weighted by Crippen LogP contribution is 2.54. The Balaban J connectivity index is 0.00000147. The minimum Gasteiger partial charge on any atom is -1.00 e. The fourth-order valence-corrected chi connectivity index (χ4v) is 4.32. The first-order valence-electron chi connectivity index (χ1n) is 6.06. The van der Waals surface area contributed by atoms with Crippen molar-refractivity contribution >= 4 is 26.1 Å². The number of thiophene rings is 1. The number of allylic oxidation sites excluding steroid dienone is 4.